The topological polar surface area (TPSA) is 84.2 Å². The molecule has 5 heterocycles. The van der Waals surface area contributed by atoms with Crippen LogP contribution in [0.5, 0.6) is 0 Å². The largest absolute Gasteiger partial charge is 0.311 e. The van der Waals surface area contributed by atoms with Gasteiger partial charge >= 0.3 is 0 Å². The van der Waals surface area contributed by atoms with Crippen LogP contribution in [0.15, 0.2) is 54.9 Å². The van der Waals surface area contributed by atoms with Crippen LogP contribution in [0.25, 0.3) is 28.0 Å². The first-order valence-corrected chi connectivity index (χ1v) is 13.1. The highest BCUT2D eigenvalue weighted by Crippen LogP contribution is 2.49. The molecule has 7 nitrogen and oxygen atoms in total. The molecule has 7 heteroatoms. The van der Waals surface area contributed by atoms with E-state index < -0.39 is 0 Å². The van der Waals surface area contributed by atoms with E-state index in [0.717, 1.165) is 59.5 Å². The number of carbonyl (C=O) groups is 1. The first kappa shape index (κ1) is 21.7. The van der Waals surface area contributed by atoms with Crippen LogP contribution < -0.4 is 10.6 Å². The number of hydrogen-bond donors (Lipinski definition) is 2. The van der Waals surface area contributed by atoms with E-state index in [4.69, 9.17) is 15.1 Å². The maximum atomic E-state index is 12.3. The van der Waals surface area contributed by atoms with Crippen molar-refractivity contribution >= 4 is 17.4 Å². The maximum Gasteiger partial charge on any atom is 0.222 e. The highest BCUT2D eigenvalue weighted by molar-refractivity contribution is 5.90. The lowest BCUT2D eigenvalue weighted by molar-refractivity contribution is -0.114. The molecule has 36 heavy (non-hydrogen) atoms. The second kappa shape index (κ2) is 8.52. The predicted octanol–water partition coefficient (Wildman–Crippen LogP) is 5.29. The first-order valence-electron chi connectivity index (χ1n) is 13.1. The molecule has 4 aromatic rings. The van der Waals surface area contributed by atoms with Crippen molar-refractivity contribution in [2.24, 2.45) is 0 Å². The lowest BCUT2D eigenvalue weighted by Gasteiger charge is -2.30. The summed E-state index contributed by atoms with van der Waals surface area (Å²) >= 11 is 0. The van der Waals surface area contributed by atoms with E-state index in [1.807, 2.05) is 41.2 Å². The summed E-state index contributed by atoms with van der Waals surface area (Å²) in [7, 11) is 0. The van der Waals surface area contributed by atoms with Gasteiger partial charge in [0.2, 0.25) is 5.91 Å². The molecule has 3 aliphatic rings. The first-order chi connectivity index (χ1) is 17.6. The van der Waals surface area contributed by atoms with Crippen LogP contribution in [0.3, 0.4) is 0 Å². The van der Waals surface area contributed by atoms with Gasteiger partial charge in [0.05, 0.1) is 17.6 Å². The molecular formula is C29H30N6O. The van der Waals surface area contributed by atoms with E-state index in [-0.39, 0.29) is 5.91 Å². The van der Waals surface area contributed by atoms with Crippen molar-refractivity contribution in [3.63, 3.8) is 0 Å². The van der Waals surface area contributed by atoms with Crippen molar-refractivity contribution in [1.29, 1.82) is 0 Å². The van der Waals surface area contributed by atoms with Gasteiger partial charge in [-0.2, -0.15) is 9.61 Å². The summed E-state index contributed by atoms with van der Waals surface area (Å²) < 4.78 is 1.84. The molecule has 1 aliphatic carbocycles. The molecule has 1 aromatic carbocycles. The Bertz CT molecular complexity index is 1430. The van der Waals surface area contributed by atoms with Crippen LogP contribution in [0, 0.1) is 0 Å². The quantitative estimate of drug-likeness (QED) is 0.407. The molecule has 2 saturated heterocycles. The average molecular weight is 479 g/mol. The zero-order chi connectivity index (χ0) is 24.2. The van der Waals surface area contributed by atoms with Gasteiger partial charge in [-0.1, -0.05) is 36.4 Å². The van der Waals surface area contributed by atoms with E-state index in [1.165, 1.54) is 24.1 Å². The van der Waals surface area contributed by atoms with Crippen molar-refractivity contribution < 1.29 is 4.79 Å². The zero-order valence-corrected chi connectivity index (χ0v) is 20.4. The molecule has 0 radical (unpaired) electrons. The van der Waals surface area contributed by atoms with Gasteiger partial charge < -0.3 is 10.6 Å². The van der Waals surface area contributed by atoms with Crippen LogP contribution in [0.2, 0.25) is 0 Å². The van der Waals surface area contributed by atoms with Gasteiger partial charge in [0, 0.05) is 53.4 Å². The molecule has 0 unspecified atom stereocenters. The number of anilines is 1. The van der Waals surface area contributed by atoms with Gasteiger partial charge in [0.15, 0.2) is 5.65 Å². The smallest absolute Gasteiger partial charge is 0.222 e. The van der Waals surface area contributed by atoms with Crippen molar-refractivity contribution in [2.45, 2.75) is 69.4 Å². The molecule has 0 spiro atoms. The third kappa shape index (κ3) is 3.78. The molecule has 3 atom stereocenters. The number of hydrogen-bond acceptors (Lipinski definition) is 5. The number of rotatable bonds is 5. The van der Waals surface area contributed by atoms with Gasteiger partial charge in [0.1, 0.15) is 5.82 Å². The summed E-state index contributed by atoms with van der Waals surface area (Å²) in [6, 6.07) is 15.5. The fraction of sp³-hybridized carbons (Fsp3) is 0.379. The number of pyridine rings is 1. The van der Waals surface area contributed by atoms with Crippen LogP contribution in [-0.2, 0) is 4.79 Å². The van der Waals surface area contributed by atoms with Gasteiger partial charge in [-0.3, -0.25) is 9.78 Å². The van der Waals surface area contributed by atoms with Crippen molar-refractivity contribution in [3.05, 3.63) is 66.1 Å². The van der Waals surface area contributed by atoms with Gasteiger partial charge in [0.25, 0.3) is 0 Å². The number of fused-ring (bicyclic) bond motifs is 3. The standard InChI is InChI=1S/C29H30N6O/c1-17(36)32-29-26(19-7-8-19)27(21-13-22-10-11-23(14-21)33-22)34-28-24(16-31-35(28)29)20-9-12-25(30-15-20)18-5-3-2-4-6-18/h2-6,9,12,15-16,19,21-23,33H,7-8,10-11,13-14H2,1H3,(H,32,36)/t21-,22-,23+. The lowest BCUT2D eigenvalue weighted by Crippen LogP contribution is -2.37. The Balaban J connectivity index is 1.36. The Morgan fingerprint density at radius 3 is 2.39 bits per heavy atom. The Morgan fingerprint density at radius 2 is 1.72 bits per heavy atom. The summed E-state index contributed by atoms with van der Waals surface area (Å²) in [6.07, 6.45) is 10.8. The molecule has 3 aromatic heterocycles. The lowest BCUT2D eigenvalue weighted by atomic mass is 9.86. The Hall–Kier alpha value is -3.58. The van der Waals surface area contributed by atoms with Crippen LogP contribution in [-0.4, -0.2) is 37.6 Å². The molecule has 1 saturated carbocycles. The molecule has 1 amide bonds. The van der Waals surface area contributed by atoms with Gasteiger partial charge in [-0.15, -0.1) is 0 Å². The number of piperidine rings is 1. The minimum absolute atomic E-state index is 0.0772. The zero-order valence-electron chi connectivity index (χ0n) is 20.4. The van der Waals surface area contributed by atoms with E-state index in [1.54, 1.807) is 6.92 Å². The number of nitrogens with zero attached hydrogens (tertiary/aromatic N) is 4. The second-order valence-corrected chi connectivity index (χ2v) is 10.6. The van der Waals surface area contributed by atoms with Crippen molar-refractivity contribution in [2.75, 3.05) is 5.32 Å². The molecule has 2 N–H and O–H groups in total. The summed E-state index contributed by atoms with van der Waals surface area (Å²) in [5.41, 5.74) is 7.10. The highest BCUT2D eigenvalue weighted by Gasteiger charge is 2.40. The van der Waals surface area contributed by atoms with Crippen LogP contribution >= 0.6 is 0 Å². The number of aromatic nitrogens is 4. The molecule has 182 valence electrons. The molecule has 2 aliphatic heterocycles. The predicted molar refractivity (Wildman–Crippen MR) is 140 cm³/mol. The fourth-order valence-corrected chi connectivity index (χ4v) is 6.21. The van der Waals surface area contributed by atoms with E-state index in [0.29, 0.717) is 23.9 Å². The minimum Gasteiger partial charge on any atom is -0.311 e. The number of amides is 1. The number of nitrogens with one attached hydrogen (secondary N) is 2. The van der Waals surface area contributed by atoms with Crippen molar-refractivity contribution in [1.82, 2.24) is 24.9 Å². The minimum atomic E-state index is -0.0772. The molecule has 2 bridgehead atoms. The summed E-state index contributed by atoms with van der Waals surface area (Å²) in [5.74, 6) is 1.58. The van der Waals surface area contributed by atoms with Gasteiger partial charge in [-0.05, 0) is 50.5 Å². The Morgan fingerprint density at radius 1 is 0.944 bits per heavy atom. The van der Waals surface area contributed by atoms with Gasteiger partial charge in [-0.25, -0.2) is 4.98 Å². The van der Waals surface area contributed by atoms with E-state index in [2.05, 4.69) is 28.8 Å². The SMILES string of the molecule is CC(=O)Nc1c(C2CC2)c([C@@H]2C[C@H]3CC[C@@H](C2)N3)nc2c(-c3ccc(-c4ccccc4)nc3)cnn12. The van der Waals surface area contributed by atoms with E-state index >= 15 is 0 Å². The molecule has 3 fully saturated rings. The monoisotopic (exact) mass is 478 g/mol. The molecule has 7 rings (SSSR count). The summed E-state index contributed by atoms with van der Waals surface area (Å²) in [6.45, 7) is 1.57. The Labute approximate surface area is 210 Å². The van der Waals surface area contributed by atoms with Crippen LogP contribution in [0.4, 0.5) is 5.82 Å². The summed E-state index contributed by atoms with van der Waals surface area (Å²) in [5, 5.41) is 11.6. The second-order valence-electron chi connectivity index (χ2n) is 10.6. The maximum absolute atomic E-state index is 12.3. The van der Waals surface area contributed by atoms with Crippen LogP contribution in [0.1, 0.15) is 68.5 Å². The van der Waals surface area contributed by atoms with Crippen molar-refractivity contribution in [3.8, 4) is 22.4 Å². The number of carbonyl (C=O) groups excluding carboxylic acids is 1. The summed E-state index contributed by atoms with van der Waals surface area (Å²) in [4.78, 5) is 22.4. The van der Waals surface area contributed by atoms with E-state index in [9.17, 15) is 4.79 Å². The fourth-order valence-electron chi connectivity index (χ4n) is 6.21. The number of benzene rings is 1. The third-order valence-electron chi connectivity index (χ3n) is 8.00. The molecular weight excluding hydrogens is 448 g/mol. The Kier molecular flexibility index (Phi) is 5.13. The third-order valence-corrected chi connectivity index (χ3v) is 8.00. The normalized spacial score (nSPS) is 23.2. The average Bonchev–Trinajstić information content (AvgIpc) is 3.56. The highest BCUT2D eigenvalue weighted by atomic mass is 16.1.